The Kier molecular flexibility index (Phi) is 8.04. The quantitative estimate of drug-likeness (QED) is 0.437. The Labute approximate surface area is 219 Å². The maximum absolute atomic E-state index is 12.9. The molecule has 1 N–H and O–H groups in total. The van der Waals surface area contributed by atoms with E-state index in [2.05, 4.69) is 26.4 Å². The number of hydrogen-bond acceptors (Lipinski definition) is 7. The van der Waals surface area contributed by atoms with Gasteiger partial charge in [-0.2, -0.15) is 13.9 Å². The molecule has 204 valence electrons. The third kappa shape index (κ3) is 5.58. The molecule has 0 radical (unpaired) electrons. The van der Waals surface area contributed by atoms with Gasteiger partial charge >= 0.3 is 12.6 Å². The van der Waals surface area contributed by atoms with Crippen LogP contribution in [0.2, 0.25) is 0 Å². The van der Waals surface area contributed by atoms with Crippen molar-refractivity contribution in [1.29, 1.82) is 0 Å². The van der Waals surface area contributed by atoms with E-state index in [1.807, 2.05) is 0 Å². The zero-order chi connectivity index (χ0) is 26.6. The predicted molar refractivity (Wildman–Crippen MR) is 139 cm³/mol. The van der Waals surface area contributed by atoms with Gasteiger partial charge in [0, 0.05) is 38.3 Å². The summed E-state index contributed by atoms with van der Waals surface area (Å²) in [6.45, 7) is 4.12. The van der Waals surface area contributed by atoms with Crippen molar-refractivity contribution in [2.24, 2.45) is 0 Å². The number of pyridine rings is 1. The van der Waals surface area contributed by atoms with Crippen LogP contribution in [0.5, 0.6) is 5.75 Å². The number of ether oxygens (including phenoxy) is 2. The number of anilines is 1. The molecule has 0 atom stereocenters. The van der Waals surface area contributed by atoms with Crippen LogP contribution in [0, 0.1) is 0 Å². The lowest BCUT2D eigenvalue weighted by Gasteiger charge is -2.41. The molecular formula is C27H33F2N5O4. The average molecular weight is 530 g/mol. The van der Waals surface area contributed by atoms with Crippen molar-refractivity contribution in [1.82, 2.24) is 19.7 Å². The molecule has 4 heterocycles. The number of aromatic carboxylic acids is 1. The summed E-state index contributed by atoms with van der Waals surface area (Å²) in [7, 11) is 0. The Bertz CT molecular complexity index is 1270. The monoisotopic (exact) mass is 529 g/mol. The van der Waals surface area contributed by atoms with Gasteiger partial charge in [-0.05, 0) is 43.9 Å². The van der Waals surface area contributed by atoms with Gasteiger partial charge in [-0.3, -0.25) is 4.90 Å². The zero-order valence-electron chi connectivity index (χ0n) is 21.5. The van der Waals surface area contributed by atoms with E-state index in [4.69, 9.17) is 9.84 Å². The molecule has 0 bridgehead atoms. The second kappa shape index (κ2) is 11.6. The number of halogens is 2. The molecule has 0 saturated carbocycles. The lowest BCUT2D eigenvalue weighted by Crippen LogP contribution is -2.49. The van der Waals surface area contributed by atoms with E-state index in [1.54, 1.807) is 22.9 Å². The average Bonchev–Trinajstić information content (AvgIpc) is 3.30. The molecule has 0 amide bonds. The minimum Gasteiger partial charge on any atom is -0.477 e. The molecule has 5 rings (SSSR count). The fourth-order valence-corrected chi connectivity index (χ4v) is 5.43. The van der Waals surface area contributed by atoms with Gasteiger partial charge < -0.3 is 19.5 Å². The molecule has 38 heavy (non-hydrogen) atoms. The molecule has 2 aliphatic rings. The second-order valence-electron chi connectivity index (χ2n) is 9.73. The largest absolute Gasteiger partial charge is 0.477 e. The number of fused-ring (bicyclic) bond motifs is 1. The molecule has 0 spiro atoms. The van der Waals surface area contributed by atoms with E-state index in [0.717, 1.165) is 81.8 Å². The number of carboxylic acid groups (broad SMARTS) is 1. The van der Waals surface area contributed by atoms with Crippen molar-refractivity contribution in [3.63, 3.8) is 0 Å². The summed E-state index contributed by atoms with van der Waals surface area (Å²) in [5.41, 5.74) is 2.42. The number of rotatable bonds is 9. The second-order valence-corrected chi connectivity index (χ2v) is 9.73. The van der Waals surface area contributed by atoms with Crippen molar-refractivity contribution in [3.05, 3.63) is 41.7 Å². The van der Waals surface area contributed by atoms with Crippen LogP contribution in [0.3, 0.4) is 0 Å². The van der Waals surface area contributed by atoms with E-state index >= 15 is 0 Å². The number of hydrogen-bond donors (Lipinski definition) is 1. The maximum atomic E-state index is 12.9. The fraction of sp³-hybridized carbons (Fsp3) is 0.519. The molecule has 3 aromatic rings. The van der Waals surface area contributed by atoms with Gasteiger partial charge in [0.1, 0.15) is 5.75 Å². The molecule has 2 aliphatic heterocycles. The van der Waals surface area contributed by atoms with E-state index in [9.17, 15) is 18.7 Å². The first-order valence-electron chi connectivity index (χ1n) is 13.2. The van der Waals surface area contributed by atoms with Crippen LogP contribution < -0.4 is 9.64 Å². The van der Waals surface area contributed by atoms with Crippen LogP contribution >= 0.6 is 0 Å². The van der Waals surface area contributed by atoms with Crippen molar-refractivity contribution in [2.75, 3.05) is 44.3 Å². The summed E-state index contributed by atoms with van der Waals surface area (Å²) in [6, 6.07) is 8.36. The number of unbranched alkanes of at least 4 members (excludes halogenated alkanes) is 1. The third-order valence-electron chi connectivity index (χ3n) is 7.33. The number of morpholine rings is 1. The Morgan fingerprint density at radius 3 is 2.63 bits per heavy atom. The number of piperidine rings is 1. The van der Waals surface area contributed by atoms with Gasteiger partial charge in [0.2, 0.25) is 0 Å². The van der Waals surface area contributed by atoms with Gasteiger partial charge in [-0.15, -0.1) is 0 Å². The molecule has 11 heteroatoms. The Morgan fingerprint density at radius 2 is 1.95 bits per heavy atom. The van der Waals surface area contributed by atoms with Crippen LogP contribution in [0.4, 0.5) is 14.5 Å². The van der Waals surface area contributed by atoms with Crippen molar-refractivity contribution < 1.29 is 28.2 Å². The standard InChI is InChI=1S/C27H33F2N5O4/c1-2-3-7-21-24-23(33-10-8-18(9-11-33)32-12-14-37-15-13-32)17-22(26(35)36)30-25(24)34(31-21)19-5-4-6-20(16-19)38-27(28)29/h4-6,16-18,27H,2-3,7-15H2,1H3,(H,35,36). The van der Waals surface area contributed by atoms with E-state index in [1.165, 1.54) is 12.1 Å². The number of carboxylic acids is 1. The SMILES string of the molecule is CCCCc1nn(-c2cccc(OC(F)F)c2)c2nc(C(=O)O)cc(N3CCC(N4CCOCC4)CC3)c12. The normalized spacial score (nSPS) is 17.4. The highest BCUT2D eigenvalue weighted by Crippen LogP contribution is 2.35. The first-order valence-corrected chi connectivity index (χ1v) is 13.2. The van der Waals surface area contributed by atoms with Crippen molar-refractivity contribution in [3.8, 4) is 11.4 Å². The van der Waals surface area contributed by atoms with E-state index < -0.39 is 12.6 Å². The highest BCUT2D eigenvalue weighted by Gasteiger charge is 2.29. The van der Waals surface area contributed by atoms with Gasteiger partial charge in [0.25, 0.3) is 0 Å². The molecule has 2 fully saturated rings. The number of aryl methyl sites for hydroxylation is 1. The highest BCUT2D eigenvalue weighted by molar-refractivity contribution is 5.98. The van der Waals surface area contributed by atoms with Crippen LogP contribution in [0.15, 0.2) is 30.3 Å². The van der Waals surface area contributed by atoms with Crippen LogP contribution in [-0.2, 0) is 11.2 Å². The van der Waals surface area contributed by atoms with Crippen LogP contribution in [0.1, 0.15) is 48.8 Å². The molecule has 0 aliphatic carbocycles. The van der Waals surface area contributed by atoms with Crippen molar-refractivity contribution in [2.45, 2.75) is 51.7 Å². The van der Waals surface area contributed by atoms with Crippen LogP contribution in [-0.4, -0.2) is 82.8 Å². The highest BCUT2D eigenvalue weighted by atomic mass is 19.3. The zero-order valence-corrected chi connectivity index (χ0v) is 21.5. The minimum atomic E-state index is -2.96. The molecular weight excluding hydrogens is 496 g/mol. The summed E-state index contributed by atoms with van der Waals surface area (Å²) < 4.78 is 37.4. The first kappa shape index (κ1) is 26.3. The smallest absolute Gasteiger partial charge is 0.387 e. The van der Waals surface area contributed by atoms with Crippen LogP contribution in [0.25, 0.3) is 16.7 Å². The van der Waals surface area contributed by atoms with Gasteiger partial charge in [0.15, 0.2) is 11.3 Å². The summed E-state index contributed by atoms with van der Waals surface area (Å²) in [5, 5.41) is 15.5. The lowest BCUT2D eigenvalue weighted by molar-refractivity contribution is -0.0498. The molecule has 2 aromatic heterocycles. The number of alkyl halides is 2. The molecule has 2 saturated heterocycles. The minimum absolute atomic E-state index is 0.00365. The summed E-state index contributed by atoms with van der Waals surface area (Å²) in [4.78, 5) is 21.3. The Balaban J connectivity index is 1.56. The number of benzene rings is 1. The summed E-state index contributed by atoms with van der Waals surface area (Å²) >= 11 is 0. The predicted octanol–water partition coefficient (Wildman–Crippen LogP) is 4.36. The topological polar surface area (TPSA) is 92.9 Å². The van der Waals surface area contributed by atoms with E-state index in [-0.39, 0.29) is 11.4 Å². The van der Waals surface area contributed by atoms with Gasteiger partial charge in [-0.1, -0.05) is 19.4 Å². The van der Waals surface area contributed by atoms with E-state index in [0.29, 0.717) is 23.8 Å². The van der Waals surface area contributed by atoms with Gasteiger partial charge in [-0.25, -0.2) is 14.5 Å². The maximum Gasteiger partial charge on any atom is 0.387 e. The molecule has 0 unspecified atom stereocenters. The fourth-order valence-electron chi connectivity index (χ4n) is 5.43. The summed E-state index contributed by atoms with van der Waals surface area (Å²) in [5.74, 6) is -1.13. The number of nitrogens with zero attached hydrogens (tertiary/aromatic N) is 5. The van der Waals surface area contributed by atoms with Gasteiger partial charge in [0.05, 0.1) is 35.7 Å². The Morgan fingerprint density at radius 1 is 1.18 bits per heavy atom. The number of aromatic nitrogens is 3. The Hall–Kier alpha value is -3.31. The molecule has 1 aromatic carbocycles. The number of carbonyl (C=O) groups is 1. The summed E-state index contributed by atoms with van der Waals surface area (Å²) in [6.07, 6.45) is 4.50. The molecule has 9 nitrogen and oxygen atoms in total. The third-order valence-corrected chi connectivity index (χ3v) is 7.33. The first-order chi connectivity index (χ1) is 18.4. The lowest BCUT2D eigenvalue weighted by atomic mass is 10.0. The van der Waals surface area contributed by atoms with Crippen molar-refractivity contribution >= 4 is 22.7 Å².